The molecule has 35 heavy (non-hydrogen) atoms. The first-order valence-electron chi connectivity index (χ1n) is 12.2. The highest BCUT2D eigenvalue weighted by molar-refractivity contribution is 6.99. The van der Waals surface area contributed by atoms with Gasteiger partial charge < -0.3 is 15.5 Å². The van der Waals surface area contributed by atoms with E-state index in [1.165, 1.54) is 0 Å². The van der Waals surface area contributed by atoms with Gasteiger partial charge in [0.25, 0.3) is 14.2 Å². The Bertz CT molecular complexity index is 1050. The number of nitrogens with two attached hydrogens (primary N) is 1. The Kier molecular flexibility index (Phi) is 8.52. The number of benzene rings is 3. The van der Waals surface area contributed by atoms with Crippen molar-refractivity contribution >= 4 is 24.4 Å². The molecular formula is C29H38F2N2OSi. The van der Waals surface area contributed by atoms with Gasteiger partial charge in [-0.25, -0.2) is 8.78 Å². The molecular weight excluding hydrogens is 458 g/mol. The molecule has 1 atom stereocenters. The standard InChI is InChI=1S/C29H38F2N2OSi/c1-22(19-24-13-12-18-27(32)23(24)2)33-20-29(30,31)21-34-35(28(3,4)5,25-14-8-6-9-15-25)26-16-10-7-11-17-26/h6-18,22,33H,19-21,32H2,1-5H3. The van der Waals surface area contributed by atoms with E-state index in [0.29, 0.717) is 6.42 Å². The molecule has 1 unspecified atom stereocenters. The topological polar surface area (TPSA) is 47.3 Å². The number of rotatable bonds is 10. The van der Waals surface area contributed by atoms with Crippen LogP contribution in [-0.4, -0.2) is 33.4 Å². The van der Waals surface area contributed by atoms with E-state index in [9.17, 15) is 0 Å². The highest BCUT2D eigenvalue weighted by Gasteiger charge is 2.51. The summed E-state index contributed by atoms with van der Waals surface area (Å²) in [5, 5.41) is 4.65. The van der Waals surface area contributed by atoms with Gasteiger partial charge in [0, 0.05) is 11.7 Å². The second-order valence-corrected chi connectivity index (χ2v) is 14.7. The molecule has 0 bridgehead atoms. The Hall–Kier alpha value is -2.54. The van der Waals surface area contributed by atoms with E-state index in [2.05, 4.69) is 26.1 Å². The van der Waals surface area contributed by atoms with Crippen LogP contribution in [0.4, 0.5) is 14.5 Å². The Balaban J connectivity index is 1.78. The molecule has 3 rings (SSSR count). The van der Waals surface area contributed by atoms with Gasteiger partial charge in [0.2, 0.25) is 0 Å². The molecule has 0 spiro atoms. The lowest BCUT2D eigenvalue weighted by molar-refractivity contribution is -0.0433. The fourth-order valence-electron chi connectivity index (χ4n) is 4.68. The van der Waals surface area contributed by atoms with Gasteiger partial charge in [-0.15, -0.1) is 0 Å². The third-order valence-electron chi connectivity index (χ3n) is 6.64. The maximum absolute atomic E-state index is 15.2. The second kappa shape index (κ2) is 11.0. The Morgan fingerprint density at radius 2 is 1.43 bits per heavy atom. The Morgan fingerprint density at radius 3 is 1.94 bits per heavy atom. The van der Waals surface area contributed by atoms with Crippen LogP contribution in [0.15, 0.2) is 78.9 Å². The minimum atomic E-state index is -3.02. The first-order valence-corrected chi connectivity index (χ1v) is 14.1. The van der Waals surface area contributed by atoms with Gasteiger partial charge in [-0.3, -0.25) is 0 Å². The smallest absolute Gasteiger partial charge is 0.281 e. The van der Waals surface area contributed by atoms with Crippen molar-refractivity contribution in [1.29, 1.82) is 0 Å². The van der Waals surface area contributed by atoms with Crippen LogP contribution in [0, 0.1) is 6.92 Å². The van der Waals surface area contributed by atoms with Crippen LogP contribution in [0.3, 0.4) is 0 Å². The average molecular weight is 497 g/mol. The zero-order chi connectivity index (χ0) is 25.7. The molecule has 0 amide bonds. The molecule has 0 aliphatic carbocycles. The van der Waals surface area contributed by atoms with Crippen molar-refractivity contribution in [2.24, 2.45) is 0 Å². The van der Waals surface area contributed by atoms with Crippen molar-refractivity contribution in [3.8, 4) is 0 Å². The molecule has 6 heteroatoms. The number of nitrogen functional groups attached to an aromatic ring is 1. The number of alkyl halides is 2. The molecule has 3 aromatic carbocycles. The maximum Gasteiger partial charge on any atom is 0.281 e. The lowest BCUT2D eigenvalue weighted by Crippen LogP contribution is -2.67. The van der Waals surface area contributed by atoms with E-state index >= 15 is 8.78 Å². The summed E-state index contributed by atoms with van der Waals surface area (Å²) >= 11 is 0. The third-order valence-corrected chi connectivity index (χ3v) is 11.6. The van der Waals surface area contributed by atoms with Crippen molar-refractivity contribution in [2.45, 2.75) is 58.0 Å². The molecule has 0 radical (unpaired) electrons. The van der Waals surface area contributed by atoms with E-state index in [4.69, 9.17) is 10.2 Å². The number of nitrogens with one attached hydrogen (secondary N) is 1. The van der Waals surface area contributed by atoms with Crippen LogP contribution in [0.5, 0.6) is 0 Å². The van der Waals surface area contributed by atoms with Crippen molar-refractivity contribution < 1.29 is 13.2 Å². The first kappa shape index (κ1) is 27.1. The molecule has 0 heterocycles. The zero-order valence-electron chi connectivity index (χ0n) is 21.4. The Labute approximate surface area is 209 Å². The van der Waals surface area contributed by atoms with Crippen LogP contribution >= 0.6 is 0 Å². The minimum Gasteiger partial charge on any atom is -0.401 e. The summed E-state index contributed by atoms with van der Waals surface area (Å²) < 4.78 is 36.9. The van der Waals surface area contributed by atoms with Crippen molar-refractivity contribution in [1.82, 2.24) is 5.32 Å². The van der Waals surface area contributed by atoms with Crippen molar-refractivity contribution in [3.63, 3.8) is 0 Å². The largest absolute Gasteiger partial charge is 0.401 e. The molecule has 3 aromatic rings. The van der Waals surface area contributed by atoms with E-state index in [0.717, 1.165) is 27.2 Å². The van der Waals surface area contributed by atoms with Gasteiger partial charge in [-0.05, 0) is 52.9 Å². The average Bonchev–Trinajstić information content (AvgIpc) is 2.82. The first-order chi connectivity index (χ1) is 16.5. The van der Waals surface area contributed by atoms with Crippen molar-refractivity contribution in [2.75, 3.05) is 18.9 Å². The summed E-state index contributed by atoms with van der Waals surface area (Å²) in [5.74, 6) is -3.02. The van der Waals surface area contributed by atoms with Gasteiger partial charge in [0.05, 0.1) is 13.2 Å². The van der Waals surface area contributed by atoms with Crippen molar-refractivity contribution in [3.05, 3.63) is 90.0 Å². The van der Waals surface area contributed by atoms with E-state index in [1.54, 1.807) is 0 Å². The molecule has 188 valence electrons. The summed E-state index contributed by atoms with van der Waals surface area (Å²) in [6.07, 6.45) is 0.627. The quantitative estimate of drug-likeness (QED) is 0.295. The number of hydrogen-bond acceptors (Lipinski definition) is 3. The fourth-order valence-corrected chi connectivity index (χ4v) is 9.26. The van der Waals surface area contributed by atoms with Gasteiger partial charge >= 0.3 is 0 Å². The number of hydrogen-bond donors (Lipinski definition) is 2. The Morgan fingerprint density at radius 1 is 0.886 bits per heavy atom. The normalized spacial score (nSPS) is 13.6. The van der Waals surface area contributed by atoms with Crippen LogP contribution in [0.1, 0.15) is 38.8 Å². The van der Waals surface area contributed by atoms with E-state index in [1.807, 2.05) is 92.7 Å². The second-order valence-electron chi connectivity index (χ2n) is 10.4. The van der Waals surface area contributed by atoms with Crippen LogP contribution in [-0.2, 0) is 10.8 Å². The molecule has 0 fully saturated rings. The number of halogens is 2. The highest BCUT2D eigenvalue weighted by Crippen LogP contribution is 2.37. The van der Waals surface area contributed by atoms with Gasteiger partial charge in [0.15, 0.2) is 0 Å². The minimum absolute atomic E-state index is 0.130. The fraction of sp³-hybridized carbons (Fsp3) is 0.379. The molecule has 3 nitrogen and oxygen atoms in total. The summed E-state index contributed by atoms with van der Waals surface area (Å²) in [4.78, 5) is 0. The summed E-state index contributed by atoms with van der Waals surface area (Å²) in [5.41, 5.74) is 8.79. The van der Waals surface area contributed by atoms with E-state index in [-0.39, 0.29) is 11.1 Å². The lowest BCUT2D eigenvalue weighted by Gasteiger charge is -2.43. The third kappa shape index (κ3) is 6.37. The monoisotopic (exact) mass is 496 g/mol. The van der Waals surface area contributed by atoms with Gasteiger partial charge in [0.1, 0.15) is 0 Å². The molecule has 0 saturated carbocycles. The summed E-state index contributed by atoms with van der Waals surface area (Å²) in [7, 11) is -3.01. The van der Waals surface area contributed by atoms with Crippen LogP contribution in [0.25, 0.3) is 0 Å². The van der Waals surface area contributed by atoms with Gasteiger partial charge in [-0.1, -0.05) is 93.6 Å². The SMILES string of the molecule is Cc1c(N)cccc1CC(C)NCC(F)(F)CO[Si](c1ccccc1)(c1ccccc1)C(C)(C)C. The number of anilines is 1. The van der Waals surface area contributed by atoms with Crippen LogP contribution < -0.4 is 21.4 Å². The molecule has 0 saturated heterocycles. The van der Waals surface area contributed by atoms with Gasteiger partial charge in [-0.2, -0.15) is 0 Å². The zero-order valence-corrected chi connectivity index (χ0v) is 22.4. The predicted octanol–water partition coefficient (Wildman–Crippen LogP) is 5.31. The maximum atomic E-state index is 15.2. The van der Waals surface area contributed by atoms with E-state index < -0.39 is 27.4 Å². The predicted molar refractivity (Wildman–Crippen MR) is 145 cm³/mol. The molecule has 0 aliphatic rings. The van der Waals surface area contributed by atoms with Crippen LogP contribution in [0.2, 0.25) is 5.04 Å². The molecule has 0 aliphatic heterocycles. The summed E-state index contributed by atoms with van der Waals surface area (Å²) in [6, 6.07) is 25.4. The lowest BCUT2D eigenvalue weighted by atomic mass is 10.0. The molecule has 0 aromatic heterocycles. The molecule has 3 N–H and O–H groups in total. The summed E-state index contributed by atoms with van der Waals surface area (Å²) in [6.45, 7) is 9.05. The highest BCUT2D eigenvalue weighted by atomic mass is 28.4.